The van der Waals surface area contributed by atoms with E-state index in [-0.39, 0.29) is 18.4 Å². The van der Waals surface area contributed by atoms with Crippen molar-refractivity contribution in [3.05, 3.63) is 77.4 Å². The fraction of sp³-hybridized carbons (Fsp3) is 0.280. The number of rotatable bonds is 2. The van der Waals surface area contributed by atoms with E-state index in [4.69, 9.17) is 4.74 Å². The lowest BCUT2D eigenvalue weighted by Gasteiger charge is -2.34. The summed E-state index contributed by atoms with van der Waals surface area (Å²) in [4.78, 5) is 25.7. The fourth-order valence-electron chi connectivity index (χ4n) is 4.40. The third kappa shape index (κ3) is 2.73. The Balaban J connectivity index is 1.98. The van der Waals surface area contributed by atoms with Crippen molar-refractivity contribution in [2.45, 2.75) is 33.1 Å². The van der Waals surface area contributed by atoms with Gasteiger partial charge in [0, 0.05) is 12.0 Å². The summed E-state index contributed by atoms with van der Waals surface area (Å²) in [6.45, 7) is 7.94. The Labute approximate surface area is 165 Å². The van der Waals surface area contributed by atoms with Crippen LogP contribution in [-0.2, 0) is 20.7 Å². The summed E-state index contributed by atoms with van der Waals surface area (Å²) in [6, 6.07) is 12.6. The van der Waals surface area contributed by atoms with Crippen molar-refractivity contribution in [1.29, 1.82) is 0 Å². The van der Waals surface area contributed by atoms with E-state index < -0.39 is 5.41 Å². The number of aryl methyl sites for hydroxylation is 1. The van der Waals surface area contributed by atoms with Crippen LogP contribution in [0.3, 0.4) is 0 Å². The number of allylic oxidation sites excluding steroid dienone is 2. The van der Waals surface area contributed by atoms with E-state index in [1.54, 1.807) is 6.08 Å². The normalized spacial score (nSPS) is 24.3. The van der Waals surface area contributed by atoms with E-state index in [2.05, 4.69) is 37.8 Å². The van der Waals surface area contributed by atoms with E-state index in [1.807, 2.05) is 25.1 Å². The molecule has 0 spiro atoms. The topological polar surface area (TPSA) is 43.4 Å². The van der Waals surface area contributed by atoms with Gasteiger partial charge >= 0.3 is 5.97 Å². The zero-order chi connectivity index (χ0) is 19.9. The maximum atomic E-state index is 13.0. The number of esters is 1. The van der Waals surface area contributed by atoms with Crippen molar-refractivity contribution in [1.82, 2.24) is 0 Å². The molecule has 0 unspecified atom stereocenters. The van der Waals surface area contributed by atoms with E-state index in [0.29, 0.717) is 24.8 Å². The predicted octanol–water partition coefficient (Wildman–Crippen LogP) is 5.19. The molecule has 28 heavy (non-hydrogen) atoms. The Morgan fingerprint density at radius 1 is 1.14 bits per heavy atom. The van der Waals surface area contributed by atoms with Crippen LogP contribution in [0, 0.1) is 5.41 Å². The number of Topliss-reactive ketones (excluding diaryl/α,β-unsaturated/α-hetero) is 1. The number of benzene rings is 2. The molecule has 2 aliphatic rings. The summed E-state index contributed by atoms with van der Waals surface area (Å²) in [7, 11) is 0. The van der Waals surface area contributed by atoms with Crippen molar-refractivity contribution < 1.29 is 14.3 Å². The second-order valence-electron chi connectivity index (χ2n) is 7.60. The highest BCUT2D eigenvalue weighted by atomic mass is 16.5. The van der Waals surface area contributed by atoms with Crippen molar-refractivity contribution >= 4 is 28.1 Å². The summed E-state index contributed by atoms with van der Waals surface area (Å²) in [5.74, 6) is -0.272. The summed E-state index contributed by atoms with van der Waals surface area (Å²) in [6.07, 6.45) is 5.23. The first-order valence-corrected chi connectivity index (χ1v) is 9.78. The quantitative estimate of drug-likeness (QED) is 0.538. The average molecular weight is 372 g/mol. The van der Waals surface area contributed by atoms with Gasteiger partial charge in [0.15, 0.2) is 5.78 Å². The maximum Gasteiger partial charge on any atom is 0.320 e. The molecule has 0 aromatic heterocycles. The zero-order valence-electron chi connectivity index (χ0n) is 16.4. The summed E-state index contributed by atoms with van der Waals surface area (Å²) in [5, 5.41) is 2.34. The van der Waals surface area contributed by atoms with Gasteiger partial charge in [0.05, 0.1) is 0 Å². The van der Waals surface area contributed by atoms with Crippen LogP contribution in [-0.4, -0.2) is 18.4 Å². The van der Waals surface area contributed by atoms with Crippen molar-refractivity contribution in [3.8, 4) is 0 Å². The van der Waals surface area contributed by atoms with E-state index in [1.165, 1.54) is 10.8 Å². The van der Waals surface area contributed by atoms with Gasteiger partial charge in [-0.15, -0.1) is 6.58 Å². The molecule has 0 radical (unpaired) electrons. The van der Waals surface area contributed by atoms with Gasteiger partial charge in [-0.2, -0.15) is 0 Å². The summed E-state index contributed by atoms with van der Waals surface area (Å²) in [5.41, 5.74) is 3.74. The Hall–Kier alpha value is -2.94. The number of carbonyl (C=O) groups is 2. The smallest absolute Gasteiger partial charge is 0.320 e. The molecule has 0 saturated heterocycles. The zero-order valence-corrected chi connectivity index (χ0v) is 16.4. The molecule has 1 atom stereocenters. The number of ketones is 1. The van der Waals surface area contributed by atoms with E-state index in [9.17, 15) is 9.59 Å². The SMILES string of the molecule is C=C[C@]1(CC)C(=O)OCC2=C1/C=C(\C)c1cc3ccccc3cc1CCC2=O. The van der Waals surface area contributed by atoms with Gasteiger partial charge in [0.25, 0.3) is 0 Å². The first-order chi connectivity index (χ1) is 13.5. The monoisotopic (exact) mass is 372 g/mol. The number of cyclic esters (lactones) is 1. The van der Waals surface area contributed by atoms with Crippen molar-refractivity contribution in [2.24, 2.45) is 5.41 Å². The molecular formula is C25H24O3. The van der Waals surface area contributed by atoms with E-state index >= 15 is 0 Å². The Morgan fingerprint density at radius 3 is 2.54 bits per heavy atom. The summed E-state index contributed by atoms with van der Waals surface area (Å²) < 4.78 is 5.41. The molecule has 142 valence electrons. The Morgan fingerprint density at radius 2 is 1.86 bits per heavy atom. The van der Waals surface area contributed by atoms with Gasteiger partial charge in [-0.25, -0.2) is 0 Å². The Kier molecular flexibility index (Phi) is 4.54. The molecule has 0 saturated carbocycles. The number of hydrogen-bond acceptors (Lipinski definition) is 3. The molecule has 0 fully saturated rings. The van der Waals surface area contributed by atoms with Gasteiger partial charge in [-0.3, -0.25) is 9.59 Å². The molecule has 0 amide bonds. The van der Waals surface area contributed by atoms with Crippen LogP contribution in [0.25, 0.3) is 16.3 Å². The van der Waals surface area contributed by atoms with Crippen molar-refractivity contribution in [2.75, 3.05) is 6.61 Å². The fourth-order valence-corrected chi connectivity index (χ4v) is 4.40. The number of carbonyl (C=O) groups excluding carboxylic acids is 2. The maximum absolute atomic E-state index is 13.0. The molecule has 3 nitrogen and oxygen atoms in total. The second kappa shape index (κ2) is 6.90. The van der Waals surface area contributed by atoms with Crippen LogP contribution in [0.5, 0.6) is 0 Å². The highest BCUT2D eigenvalue weighted by Gasteiger charge is 2.44. The highest BCUT2D eigenvalue weighted by molar-refractivity contribution is 6.02. The number of hydrogen-bond donors (Lipinski definition) is 0. The number of ether oxygens (including phenoxy) is 1. The Bertz CT molecular complexity index is 1070. The molecule has 0 bridgehead atoms. The third-order valence-electron chi connectivity index (χ3n) is 6.14. The van der Waals surface area contributed by atoms with Gasteiger partial charge in [0.2, 0.25) is 0 Å². The van der Waals surface area contributed by atoms with Crippen LogP contribution in [0.1, 0.15) is 37.8 Å². The predicted molar refractivity (Wildman–Crippen MR) is 112 cm³/mol. The molecule has 1 aliphatic carbocycles. The molecule has 2 aromatic rings. The minimum Gasteiger partial charge on any atom is -0.460 e. The first-order valence-electron chi connectivity index (χ1n) is 9.78. The van der Waals surface area contributed by atoms with Gasteiger partial charge < -0.3 is 4.74 Å². The van der Waals surface area contributed by atoms with E-state index in [0.717, 1.165) is 22.3 Å². The van der Waals surface area contributed by atoms with Gasteiger partial charge in [0.1, 0.15) is 12.0 Å². The lowest BCUT2D eigenvalue weighted by molar-refractivity contribution is -0.151. The summed E-state index contributed by atoms with van der Waals surface area (Å²) >= 11 is 0. The molecule has 2 aromatic carbocycles. The lowest BCUT2D eigenvalue weighted by Crippen LogP contribution is -2.39. The molecular weight excluding hydrogens is 348 g/mol. The lowest BCUT2D eigenvalue weighted by atomic mass is 9.72. The van der Waals surface area contributed by atoms with Crippen LogP contribution in [0.15, 0.2) is 66.3 Å². The largest absolute Gasteiger partial charge is 0.460 e. The molecule has 0 N–H and O–H groups in total. The first kappa shape index (κ1) is 18.4. The van der Waals surface area contributed by atoms with Crippen LogP contribution in [0.4, 0.5) is 0 Å². The third-order valence-corrected chi connectivity index (χ3v) is 6.14. The molecule has 3 heteroatoms. The molecule has 1 aliphatic heterocycles. The van der Waals surface area contributed by atoms with Crippen molar-refractivity contribution in [3.63, 3.8) is 0 Å². The van der Waals surface area contributed by atoms with Crippen LogP contribution < -0.4 is 0 Å². The van der Waals surface area contributed by atoms with Crippen LogP contribution >= 0.6 is 0 Å². The minimum atomic E-state index is -0.966. The molecule has 4 rings (SSSR count). The minimum absolute atomic E-state index is 0.0463. The number of fused-ring (bicyclic) bond motifs is 2. The highest BCUT2D eigenvalue weighted by Crippen LogP contribution is 2.43. The average Bonchev–Trinajstić information content (AvgIpc) is 2.76. The molecule has 1 heterocycles. The van der Waals surface area contributed by atoms with Gasteiger partial charge in [-0.05, 0) is 58.9 Å². The van der Waals surface area contributed by atoms with Crippen LogP contribution in [0.2, 0.25) is 0 Å². The second-order valence-corrected chi connectivity index (χ2v) is 7.60. The van der Waals surface area contributed by atoms with Gasteiger partial charge in [-0.1, -0.05) is 49.4 Å². The standard InChI is InChI=1S/C25H24O3/c1-4-25(5-2)22-12-16(3)20-14-18-9-7-6-8-17(18)13-19(20)10-11-23(26)21(22)15-28-24(25)27/h4,6-9,12-14H,1,5,10-11,15H2,2-3H3/b16-12+/t25-/m1/s1.